The van der Waals surface area contributed by atoms with Gasteiger partial charge in [0.05, 0.1) is 6.61 Å². The summed E-state index contributed by atoms with van der Waals surface area (Å²) in [5.41, 5.74) is 0. The van der Waals surface area contributed by atoms with E-state index in [-0.39, 0.29) is 13.2 Å². The van der Waals surface area contributed by atoms with Crippen LogP contribution in [0.25, 0.3) is 0 Å². The van der Waals surface area contributed by atoms with Gasteiger partial charge in [0.15, 0.2) is 6.61 Å². The molecule has 0 bridgehead atoms. The van der Waals surface area contributed by atoms with E-state index in [0.717, 1.165) is 6.92 Å². The van der Waals surface area contributed by atoms with Gasteiger partial charge in [-0.15, -0.1) is 10.9 Å². The van der Waals surface area contributed by atoms with Crippen LogP contribution >= 0.6 is 8.03 Å². The highest BCUT2D eigenvalue weighted by Crippen LogP contribution is 2.31. The van der Waals surface area contributed by atoms with E-state index in [9.17, 15) is 14.2 Å². The number of carbonyl (C=O) groups is 2. The Hall–Kier alpha value is -1.44. The predicted molar refractivity (Wildman–Crippen MR) is 54.6 cm³/mol. The van der Waals surface area contributed by atoms with Gasteiger partial charge in [0.25, 0.3) is 0 Å². The van der Waals surface area contributed by atoms with Crippen molar-refractivity contribution in [2.24, 2.45) is 0 Å². The first-order valence-corrected chi connectivity index (χ1v) is 5.64. The minimum absolute atomic E-state index is 0.120. The zero-order valence-electron chi connectivity index (χ0n) is 8.97. The molecule has 0 rings (SSSR count). The topological polar surface area (TPSA) is 78.9 Å². The molecule has 7 heteroatoms. The summed E-state index contributed by atoms with van der Waals surface area (Å²) >= 11 is 0. The molecule has 88 valence electrons. The second kappa shape index (κ2) is 7.80. The molecule has 0 aliphatic heterocycles. The molecule has 0 N–H and O–H groups in total. The molecule has 0 fully saturated rings. The molecule has 0 aliphatic rings. The highest BCUT2D eigenvalue weighted by atomic mass is 31.1. The second-order valence-electron chi connectivity index (χ2n) is 2.48. The molecule has 16 heavy (non-hydrogen) atoms. The average molecular weight is 247 g/mol. The van der Waals surface area contributed by atoms with Crippen LogP contribution in [0.3, 0.4) is 0 Å². The molecule has 0 spiro atoms. The Morgan fingerprint density at radius 1 is 1.50 bits per heavy atom. The zero-order valence-corrected chi connectivity index (χ0v) is 9.86. The molecule has 0 aromatic heterocycles. The molecule has 0 saturated carbocycles. The van der Waals surface area contributed by atoms with Crippen molar-refractivity contribution in [3.63, 3.8) is 0 Å². The zero-order chi connectivity index (χ0) is 12.6. The van der Waals surface area contributed by atoms with Gasteiger partial charge in [-0.05, 0) is 11.5 Å². The lowest BCUT2D eigenvalue weighted by Crippen LogP contribution is -2.26. The van der Waals surface area contributed by atoms with Crippen molar-refractivity contribution in [2.75, 3.05) is 13.2 Å². The Morgan fingerprint density at radius 2 is 2.12 bits per heavy atom. The van der Waals surface area contributed by atoms with Crippen LogP contribution in [0.2, 0.25) is 0 Å². The molecular formula is C9H12O6P+. The van der Waals surface area contributed by atoms with E-state index in [1.165, 1.54) is 0 Å². The summed E-state index contributed by atoms with van der Waals surface area (Å²) in [5, 5.41) is 0. The molecule has 0 amide bonds. The van der Waals surface area contributed by atoms with Gasteiger partial charge < -0.3 is 9.47 Å². The number of rotatable bonds is 6. The molecule has 0 heterocycles. The minimum Gasteiger partial charge on any atom is -0.446 e. The van der Waals surface area contributed by atoms with Gasteiger partial charge in [-0.1, -0.05) is 5.92 Å². The van der Waals surface area contributed by atoms with Gasteiger partial charge in [0.2, 0.25) is 0 Å². The fourth-order valence-electron chi connectivity index (χ4n) is 0.713. The maximum Gasteiger partial charge on any atom is 0.566 e. The third-order valence-corrected chi connectivity index (χ3v) is 2.44. The van der Waals surface area contributed by atoms with E-state index in [1.54, 1.807) is 6.92 Å². The van der Waals surface area contributed by atoms with Gasteiger partial charge in [0.1, 0.15) is 0 Å². The van der Waals surface area contributed by atoms with Crippen LogP contribution < -0.4 is 0 Å². The molecule has 0 aliphatic carbocycles. The molecule has 6 nitrogen and oxygen atoms in total. The van der Waals surface area contributed by atoms with Crippen molar-refractivity contribution >= 4 is 20.0 Å². The van der Waals surface area contributed by atoms with Crippen molar-refractivity contribution in [2.45, 2.75) is 19.7 Å². The standard InChI is InChI=1S/C9H12O6P/c1-4-6-13-8(11)9(15-7(3)10)16(12)14-5-2/h1,9H,5-6H2,2-3H3/q+1. The normalized spacial score (nSPS) is 12.2. The number of hydrogen-bond donors (Lipinski definition) is 0. The summed E-state index contributed by atoms with van der Waals surface area (Å²) in [4.78, 5) is 22.0. The number of ether oxygens (including phenoxy) is 2. The average Bonchev–Trinajstić information content (AvgIpc) is 2.22. The van der Waals surface area contributed by atoms with Crippen LogP contribution in [0.5, 0.6) is 0 Å². The van der Waals surface area contributed by atoms with Crippen LogP contribution in [0, 0.1) is 12.3 Å². The number of terminal acetylenes is 1. The van der Waals surface area contributed by atoms with Crippen molar-refractivity contribution in [1.29, 1.82) is 0 Å². The fourth-order valence-corrected chi connectivity index (χ4v) is 1.58. The van der Waals surface area contributed by atoms with Crippen LogP contribution in [0.1, 0.15) is 13.8 Å². The Morgan fingerprint density at radius 3 is 2.56 bits per heavy atom. The van der Waals surface area contributed by atoms with Crippen molar-refractivity contribution < 1.29 is 28.2 Å². The molecular weight excluding hydrogens is 235 g/mol. The van der Waals surface area contributed by atoms with Gasteiger partial charge in [-0.25, -0.2) is 4.79 Å². The first-order chi connectivity index (χ1) is 7.52. The van der Waals surface area contributed by atoms with E-state index in [4.69, 9.17) is 6.42 Å². The fraction of sp³-hybridized carbons (Fsp3) is 0.556. The smallest absolute Gasteiger partial charge is 0.446 e. The first-order valence-electron chi connectivity index (χ1n) is 4.39. The predicted octanol–water partition coefficient (Wildman–Crippen LogP) is 0.831. The second-order valence-corrected chi connectivity index (χ2v) is 3.77. The monoisotopic (exact) mass is 247 g/mol. The summed E-state index contributed by atoms with van der Waals surface area (Å²) in [6.45, 7) is 2.50. The maximum absolute atomic E-state index is 11.4. The summed E-state index contributed by atoms with van der Waals surface area (Å²) in [6, 6.07) is 0. The summed E-state index contributed by atoms with van der Waals surface area (Å²) in [7, 11) is -2.47. The molecule has 0 saturated heterocycles. The van der Waals surface area contributed by atoms with E-state index in [1.807, 2.05) is 0 Å². The molecule has 0 aromatic rings. The Kier molecular flexibility index (Phi) is 7.10. The summed E-state index contributed by atoms with van der Waals surface area (Å²) in [6.07, 6.45) is 4.87. The molecule has 2 atom stereocenters. The quantitative estimate of drug-likeness (QED) is 0.393. The SMILES string of the molecule is C#CCOC(=O)C(OC(C)=O)[P+](=O)OCC. The lowest BCUT2D eigenvalue weighted by molar-refractivity contribution is -0.160. The molecule has 2 unspecified atom stereocenters. The number of hydrogen-bond acceptors (Lipinski definition) is 6. The third kappa shape index (κ3) is 5.44. The van der Waals surface area contributed by atoms with Crippen molar-refractivity contribution in [1.82, 2.24) is 0 Å². The van der Waals surface area contributed by atoms with Crippen LogP contribution in [-0.2, 0) is 28.2 Å². The lowest BCUT2D eigenvalue weighted by Gasteiger charge is -2.05. The maximum atomic E-state index is 11.4. The van der Waals surface area contributed by atoms with Crippen LogP contribution in [0.15, 0.2) is 0 Å². The van der Waals surface area contributed by atoms with Crippen LogP contribution in [0.4, 0.5) is 0 Å². The van der Waals surface area contributed by atoms with Crippen molar-refractivity contribution in [3.05, 3.63) is 0 Å². The Labute approximate surface area is 94.1 Å². The lowest BCUT2D eigenvalue weighted by atomic mass is 10.6. The first kappa shape index (κ1) is 14.6. The largest absolute Gasteiger partial charge is 0.566 e. The van der Waals surface area contributed by atoms with E-state index >= 15 is 0 Å². The van der Waals surface area contributed by atoms with Gasteiger partial charge in [-0.3, -0.25) is 4.79 Å². The third-order valence-electron chi connectivity index (χ3n) is 1.22. The van der Waals surface area contributed by atoms with E-state index in [0.29, 0.717) is 0 Å². The Balaban J connectivity index is 4.53. The number of esters is 2. The van der Waals surface area contributed by atoms with Crippen molar-refractivity contribution in [3.8, 4) is 12.3 Å². The molecule has 0 aromatic carbocycles. The van der Waals surface area contributed by atoms with E-state index in [2.05, 4.69) is 19.9 Å². The number of carbonyl (C=O) groups excluding carboxylic acids is 2. The van der Waals surface area contributed by atoms with Crippen LogP contribution in [-0.4, -0.2) is 31.0 Å². The van der Waals surface area contributed by atoms with Gasteiger partial charge >= 0.3 is 25.8 Å². The minimum atomic E-state index is -2.47. The summed E-state index contributed by atoms with van der Waals surface area (Å²) < 4.78 is 25.1. The summed E-state index contributed by atoms with van der Waals surface area (Å²) in [5.74, 6) is -1.25. The highest BCUT2D eigenvalue weighted by Gasteiger charge is 2.44. The van der Waals surface area contributed by atoms with E-state index < -0.39 is 25.8 Å². The molecule has 0 radical (unpaired) electrons. The van der Waals surface area contributed by atoms with Gasteiger partial charge in [-0.2, -0.15) is 0 Å². The van der Waals surface area contributed by atoms with Gasteiger partial charge in [0, 0.05) is 6.92 Å². The highest BCUT2D eigenvalue weighted by molar-refractivity contribution is 7.41. The Bertz CT molecular complexity index is 318.